The highest BCUT2D eigenvalue weighted by atomic mass is 32.1. The molecular weight excluding hydrogens is 156 g/mol. The van der Waals surface area contributed by atoms with E-state index in [0.29, 0.717) is 0 Å². The summed E-state index contributed by atoms with van der Waals surface area (Å²) in [4.78, 5) is 4.19. The van der Waals surface area contributed by atoms with Crippen molar-refractivity contribution in [3.05, 3.63) is 29.2 Å². The minimum absolute atomic E-state index is 0.214. The highest BCUT2D eigenvalue weighted by molar-refractivity contribution is 7.07. The second-order valence-electron chi connectivity index (χ2n) is 2.18. The second kappa shape index (κ2) is 4.26. The van der Waals surface area contributed by atoms with E-state index in [4.69, 9.17) is 0 Å². The van der Waals surface area contributed by atoms with Crippen LogP contribution in [0.25, 0.3) is 0 Å². The van der Waals surface area contributed by atoms with E-state index in [1.165, 1.54) is 0 Å². The maximum atomic E-state index is 4.19. The van der Waals surface area contributed by atoms with E-state index in [1.807, 2.05) is 17.0 Å². The molecule has 0 aliphatic rings. The fraction of sp³-hybridized carbons (Fsp3) is 0.375. The number of hydrogen-bond acceptors (Lipinski definition) is 3. The molecule has 0 saturated carbocycles. The first-order valence-corrected chi connectivity index (χ1v) is 4.56. The van der Waals surface area contributed by atoms with Crippen molar-refractivity contribution < 1.29 is 0 Å². The maximum absolute atomic E-state index is 4.19. The smallest absolute Gasteiger partial charge is 0.0795 e. The van der Waals surface area contributed by atoms with Gasteiger partial charge >= 0.3 is 0 Å². The molecule has 1 atom stereocenters. The van der Waals surface area contributed by atoms with Crippen LogP contribution < -0.4 is 5.32 Å². The van der Waals surface area contributed by atoms with Gasteiger partial charge in [0.15, 0.2) is 0 Å². The van der Waals surface area contributed by atoms with Crippen LogP contribution in [0.2, 0.25) is 0 Å². The number of nitrogens with one attached hydrogen (secondary N) is 1. The lowest BCUT2D eigenvalue weighted by Gasteiger charge is -2.09. The number of nitrogens with zero attached hydrogens (tertiary/aromatic N) is 1. The Hall–Kier alpha value is -0.670. The molecule has 1 heterocycles. The summed E-state index contributed by atoms with van der Waals surface area (Å²) >= 11 is 1.61. The van der Waals surface area contributed by atoms with Gasteiger partial charge in [-0.15, -0.1) is 17.9 Å². The van der Waals surface area contributed by atoms with Crippen molar-refractivity contribution in [2.24, 2.45) is 0 Å². The molecular formula is C8H12N2S. The molecule has 1 aromatic rings. The van der Waals surface area contributed by atoms with Crippen LogP contribution in [-0.4, -0.2) is 11.5 Å². The number of rotatable bonds is 4. The summed E-state index contributed by atoms with van der Waals surface area (Å²) in [7, 11) is 0. The summed E-state index contributed by atoms with van der Waals surface area (Å²) in [5, 5.41) is 5.30. The van der Waals surface area contributed by atoms with Gasteiger partial charge in [0, 0.05) is 5.38 Å². The molecule has 2 nitrogen and oxygen atoms in total. The molecule has 0 fully saturated rings. The Morgan fingerprint density at radius 2 is 2.73 bits per heavy atom. The van der Waals surface area contributed by atoms with Gasteiger partial charge in [-0.1, -0.05) is 13.0 Å². The molecule has 1 unspecified atom stereocenters. The zero-order chi connectivity index (χ0) is 8.10. The van der Waals surface area contributed by atoms with Crippen LogP contribution in [0.1, 0.15) is 18.7 Å². The van der Waals surface area contributed by atoms with Gasteiger partial charge in [-0.05, 0) is 6.54 Å². The SMILES string of the molecule is C=CC(NCC)c1cscn1. The van der Waals surface area contributed by atoms with Gasteiger partial charge in [0.05, 0.1) is 17.2 Å². The van der Waals surface area contributed by atoms with Crippen LogP contribution in [0, 0.1) is 0 Å². The van der Waals surface area contributed by atoms with E-state index in [2.05, 4.69) is 23.8 Å². The quantitative estimate of drug-likeness (QED) is 0.695. The van der Waals surface area contributed by atoms with E-state index < -0.39 is 0 Å². The zero-order valence-corrected chi connectivity index (χ0v) is 7.40. The van der Waals surface area contributed by atoms with Crippen molar-refractivity contribution in [1.29, 1.82) is 0 Å². The zero-order valence-electron chi connectivity index (χ0n) is 6.58. The van der Waals surface area contributed by atoms with E-state index >= 15 is 0 Å². The van der Waals surface area contributed by atoms with Crippen molar-refractivity contribution in [1.82, 2.24) is 10.3 Å². The Balaban J connectivity index is 2.63. The third-order valence-corrected chi connectivity index (χ3v) is 2.03. The van der Waals surface area contributed by atoms with Crippen LogP contribution in [0.4, 0.5) is 0 Å². The van der Waals surface area contributed by atoms with Gasteiger partial charge in [0.1, 0.15) is 0 Å². The second-order valence-corrected chi connectivity index (χ2v) is 2.90. The molecule has 0 aromatic carbocycles. The van der Waals surface area contributed by atoms with Crippen molar-refractivity contribution in [3.8, 4) is 0 Å². The normalized spacial score (nSPS) is 12.8. The standard InChI is InChI=1S/C8H12N2S/c1-3-7(9-4-2)8-5-11-6-10-8/h3,5-7,9H,1,4H2,2H3. The highest BCUT2D eigenvalue weighted by Gasteiger charge is 2.05. The third kappa shape index (κ3) is 2.13. The van der Waals surface area contributed by atoms with Crippen molar-refractivity contribution in [2.45, 2.75) is 13.0 Å². The Bertz CT molecular complexity index is 206. The predicted molar refractivity (Wildman–Crippen MR) is 48.7 cm³/mol. The molecule has 1 N–H and O–H groups in total. The lowest BCUT2D eigenvalue weighted by Crippen LogP contribution is -2.18. The molecule has 1 rings (SSSR count). The number of hydrogen-bond donors (Lipinski definition) is 1. The summed E-state index contributed by atoms with van der Waals surface area (Å²) in [6.45, 7) is 6.75. The maximum Gasteiger partial charge on any atom is 0.0795 e. The summed E-state index contributed by atoms with van der Waals surface area (Å²) in [5.74, 6) is 0. The predicted octanol–water partition coefficient (Wildman–Crippen LogP) is 1.98. The van der Waals surface area contributed by atoms with Gasteiger partial charge in [-0.2, -0.15) is 0 Å². The molecule has 60 valence electrons. The Morgan fingerprint density at radius 3 is 3.18 bits per heavy atom. The van der Waals surface area contributed by atoms with E-state index in [0.717, 1.165) is 12.2 Å². The summed E-state index contributed by atoms with van der Waals surface area (Å²) in [6.07, 6.45) is 1.87. The molecule has 0 aliphatic heterocycles. The van der Waals surface area contributed by atoms with Gasteiger partial charge in [-0.3, -0.25) is 0 Å². The molecule has 0 saturated heterocycles. The largest absolute Gasteiger partial charge is 0.306 e. The minimum atomic E-state index is 0.214. The first kappa shape index (κ1) is 8.43. The fourth-order valence-corrected chi connectivity index (χ4v) is 1.49. The molecule has 0 bridgehead atoms. The van der Waals surface area contributed by atoms with E-state index in [9.17, 15) is 0 Å². The average molecular weight is 168 g/mol. The molecule has 3 heteroatoms. The molecule has 1 aromatic heterocycles. The van der Waals surface area contributed by atoms with Crippen LogP contribution in [-0.2, 0) is 0 Å². The lowest BCUT2D eigenvalue weighted by molar-refractivity contribution is 0.637. The number of aromatic nitrogens is 1. The fourth-order valence-electron chi connectivity index (χ4n) is 0.904. The summed E-state index contributed by atoms with van der Waals surface area (Å²) in [5.41, 5.74) is 2.90. The van der Waals surface area contributed by atoms with Gasteiger partial charge in [0.25, 0.3) is 0 Å². The molecule has 11 heavy (non-hydrogen) atoms. The van der Waals surface area contributed by atoms with Crippen molar-refractivity contribution in [2.75, 3.05) is 6.54 Å². The average Bonchev–Trinajstić information content (AvgIpc) is 2.52. The van der Waals surface area contributed by atoms with Gasteiger partial charge in [0.2, 0.25) is 0 Å². The monoisotopic (exact) mass is 168 g/mol. The van der Waals surface area contributed by atoms with Crippen LogP contribution in [0.15, 0.2) is 23.5 Å². The number of likely N-dealkylation sites (N-methyl/N-ethyl adjacent to an activating group) is 1. The van der Waals surface area contributed by atoms with Crippen molar-refractivity contribution in [3.63, 3.8) is 0 Å². The molecule has 0 radical (unpaired) electrons. The third-order valence-electron chi connectivity index (χ3n) is 1.43. The van der Waals surface area contributed by atoms with E-state index in [-0.39, 0.29) is 6.04 Å². The summed E-state index contributed by atoms with van der Waals surface area (Å²) in [6, 6.07) is 0.214. The first-order chi connectivity index (χ1) is 5.38. The molecule has 0 spiro atoms. The minimum Gasteiger partial charge on any atom is -0.306 e. The van der Waals surface area contributed by atoms with Gasteiger partial charge < -0.3 is 5.32 Å². The number of thiazole rings is 1. The molecule has 0 amide bonds. The summed E-state index contributed by atoms with van der Waals surface area (Å²) < 4.78 is 0. The lowest BCUT2D eigenvalue weighted by atomic mass is 10.2. The highest BCUT2D eigenvalue weighted by Crippen LogP contribution is 2.12. The van der Waals surface area contributed by atoms with Crippen LogP contribution >= 0.6 is 11.3 Å². The van der Waals surface area contributed by atoms with E-state index in [1.54, 1.807) is 11.3 Å². The Labute approximate surface area is 71.0 Å². The van der Waals surface area contributed by atoms with Crippen LogP contribution in [0.5, 0.6) is 0 Å². The van der Waals surface area contributed by atoms with Gasteiger partial charge in [-0.25, -0.2) is 4.98 Å². The Morgan fingerprint density at radius 1 is 1.91 bits per heavy atom. The Kier molecular flexibility index (Phi) is 3.26. The first-order valence-electron chi connectivity index (χ1n) is 3.62. The van der Waals surface area contributed by atoms with Crippen molar-refractivity contribution >= 4 is 11.3 Å². The van der Waals surface area contributed by atoms with Crippen LogP contribution in [0.3, 0.4) is 0 Å². The molecule has 0 aliphatic carbocycles. The topological polar surface area (TPSA) is 24.9 Å².